The summed E-state index contributed by atoms with van der Waals surface area (Å²) in [5, 5.41) is 7.32. The van der Waals surface area contributed by atoms with E-state index in [9.17, 15) is 4.79 Å². The number of carbonyl (C=O) groups excluding carboxylic acids is 1. The number of nitrogens with zero attached hydrogens (tertiary/aromatic N) is 3. The van der Waals surface area contributed by atoms with E-state index in [-0.39, 0.29) is 17.8 Å². The Kier molecular flexibility index (Phi) is 6.84. The standard InChI is InChI=1S/C18H30N4O3/c1-6-19-18(22-10-12(2)16(11-22)17(23)24-5)20-9-7-8-15-13(3)21-25-14(15)4/h12,16H,6-11H2,1-5H3,(H,19,20). The van der Waals surface area contributed by atoms with Crippen molar-refractivity contribution in [2.24, 2.45) is 16.8 Å². The average molecular weight is 350 g/mol. The molecular weight excluding hydrogens is 320 g/mol. The second kappa shape index (κ2) is 8.87. The van der Waals surface area contributed by atoms with Crippen molar-refractivity contribution in [1.82, 2.24) is 15.4 Å². The molecule has 2 rings (SSSR count). The summed E-state index contributed by atoms with van der Waals surface area (Å²) in [6, 6.07) is 0. The van der Waals surface area contributed by atoms with Gasteiger partial charge >= 0.3 is 5.97 Å². The number of aliphatic imine (C=N–C) groups is 1. The molecule has 140 valence electrons. The summed E-state index contributed by atoms with van der Waals surface area (Å²) in [7, 11) is 1.45. The summed E-state index contributed by atoms with van der Waals surface area (Å²) in [4.78, 5) is 18.8. The smallest absolute Gasteiger partial charge is 0.310 e. The quantitative estimate of drug-likeness (QED) is 0.365. The van der Waals surface area contributed by atoms with Crippen molar-refractivity contribution in [3.8, 4) is 0 Å². The van der Waals surface area contributed by atoms with Crippen molar-refractivity contribution in [3.05, 3.63) is 17.0 Å². The van der Waals surface area contributed by atoms with Crippen LogP contribution in [0.5, 0.6) is 0 Å². The fraction of sp³-hybridized carbons (Fsp3) is 0.722. The lowest BCUT2D eigenvalue weighted by Gasteiger charge is -2.21. The van der Waals surface area contributed by atoms with E-state index in [2.05, 4.69) is 29.2 Å². The third kappa shape index (κ3) is 4.74. The molecule has 0 spiro atoms. The van der Waals surface area contributed by atoms with Gasteiger partial charge in [0.25, 0.3) is 0 Å². The van der Waals surface area contributed by atoms with Gasteiger partial charge in [0.05, 0.1) is 18.7 Å². The number of carbonyl (C=O) groups is 1. The van der Waals surface area contributed by atoms with Crippen LogP contribution in [0.25, 0.3) is 0 Å². The molecule has 1 N–H and O–H groups in total. The van der Waals surface area contributed by atoms with Crippen LogP contribution >= 0.6 is 0 Å². The normalized spacial score (nSPS) is 20.8. The fourth-order valence-electron chi connectivity index (χ4n) is 3.32. The number of nitrogens with one attached hydrogen (secondary N) is 1. The molecular formula is C18H30N4O3. The third-order valence-electron chi connectivity index (χ3n) is 4.78. The monoisotopic (exact) mass is 350 g/mol. The number of guanidine groups is 1. The molecule has 0 aromatic carbocycles. The molecule has 2 atom stereocenters. The maximum Gasteiger partial charge on any atom is 0.310 e. The first-order valence-electron chi connectivity index (χ1n) is 9.00. The van der Waals surface area contributed by atoms with E-state index in [1.54, 1.807) is 0 Å². The summed E-state index contributed by atoms with van der Waals surface area (Å²) >= 11 is 0. The molecule has 2 unspecified atom stereocenters. The number of esters is 1. The van der Waals surface area contributed by atoms with Crippen molar-refractivity contribution in [2.45, 2.75) is 40.5 Å². The number of ether oxygens (including phenoxy) is 1. The minimum Gasteiger partial charge on any atom is -0.469 e. The Morgan fingerprint density at radius 1 is 1.44 bits per heavy atom. The molecule has 25 heavy (non-hydrogen) atoms. The van der Waals surface area contributed by atoms with Crippen LogP contribution in [0, 0.1) is 25.7 Å². The summed E-state index contributed by atoms with van der Waals surface area (Å²) in [6.45, 7) is 11.0. The Balaban J connectivity index is 1.93. The van der Waals surface area contributed by atoms with Gasteiger partial charge in [0.1, 0.15) is 5.76 Å². The maximum absolute atomic E-state index is 11.9. The van der Waals surface area contributed by atoms with Gasteiger partial charge in [-0.3, -0.25) is 9.79 Å². The Bertz CT molecular complexity index is 592. The highest BCUT2D eigenvalue weighted by molar-refractivity contribution is 5.82. The van der Waals surface area contributed by atoms with Gasteiger partial charge in [0, 0.05) is 31.7 Å². The Morgan fingerprint density at radius 3 is 2.80 bits per heavy atom. The summed E-state index contributed by atoms with van der Waals surface area (Å²) in [5.74, 6) is 1.81. The Hall–Kier alpha value is -2.05. The van der Waals surface area contributed by atoms with Crippen LogP contribution in [0.15, 0.2) is 9.52 Å². The molecule has 1 aromatic heterocycles. The second-order valence-electron chi connectivity index (χ2n) is 6.65. The molecule has 2 heterocycles. The summed E-state index contributed by atoms with van der Waals surface area (Å²) in [5.41, 5.74) is 2.14. The van der Waals surface area contributed by atoms with E-state index in [4.69, 9.17) is 14.3 Å². The number of aryl methyl sites for hydroxylation is 2. The van der Waals surface area contributed by atoms with Gasteiger partial charge in [0.15, 0.2) is 5.96 Å². The molecule has 0 amide bonds. The first-order chi connectivity index (χ1) is 12.0. The van der Waals surface area contributed by atoms with Gasteiger partial charge in [-0.1, -0.05) is 12.1 Å². The van der Waals surface area contributed by atoms with Crippen LogP contribution in [0.1, 0.15) is 37.3 Å². The van der Waals surface area contributed by atoms with E-state index in [1.807, 2.05) is 13.8 Å². The number of likely N-dealkylation sites (tertiary alicyclic amines) is 1. The average Bonchev–Trinajstić information content (AvgIpc) is 3.13. The van der Waals surface area contributed by atoms with Gasteiger partial charge in [0.2, 0.25) is 0 Å². The first-order valence-corrected chi connectivity index (χ1v) is 9.00. The van der Waals surface area contributed by atoms with Crippen LogP contribution in [0.3, 0.4) is 0 Å². The van der Waals surface area contributed by atoms with Crippen LogP contribution in [0.2, 0.25) is 0 Å². The molecule has 7 heteroatoms. The molecule has 1 aliphatic rings. The van der Waals surface area contributed by atoms with Crippen LogP contribution in [-0.2, 0) is 16.0 Å². The van der Waals surface area contributed by atoms with E-state index in [1.165, 1.54) is 12.7 Å². The number of hydrogen-bond acceptors (Lipinski definition) is 5. The number of rotatable bonds is 6. The molecule has 1 fully saturated rings. The highest BCUT2D eigenvalue weighted by Crippen LogP contribution is 2.24. The van der Waals surface area contributed by atoms with Gasteiger partial charge in [-0.05, 0) is 39.5 Å². The van der Waals surface area contributed by atoms with Crippen molar-refractivity contribution < 1.29 is 14.1 Å². The van der Waals surface area contributed by atoms with Gasteiger partial charge in [-0.2, -0.15) is 0 Å². The highest BCUT2D eigenvalue weighted by Gasteiger charge is 2.36. The van der Waals surface area contributed by atoms with Crippen molar-refractivity contribution in [2.75, 3.05) is 33.3 Å². The second-order valence-corrected chi connectivity index (χ2v) is 6.65. The molecule has 1 saturated heterocycles. The van der Waals surface area contributed by atoms with Gasteiger partial charge in [-0.25, -0.2) is 0 Å². The number of methoxy groups -OCH3 is 1. The number of hydrogen-bond donors (Lipinski definition) is 1. The van der Waals surface area contributed by atoms with E-state index in [0.29, 0.717) is 6.54 Å². The largest absolute Gasteiger partial charge is 0.469 e. The van der Waals surface area contributed by atoms with Crippen molar-refractivity contribution in [1.29, 1.82) is 0 Å². The topological polar surface area (TPSA) is 80.0 Å². The van der Waals surface area contributed by atoms with E-state index >= 15 is 0 Å². The SMILES string of the molecule is CCNC(=NCCCc1c(C)noc1C)N1CC(C)C(C(=O)OC)C1. The summed E-state index contributed by atoms with van der Waals surface area (Å²) in [6.07, 6.45) is 1.84. The maximum atomic E-state index is 11.9. The van der Waals surface area contributed by atoms with Gasteiger partial charge < -0.3 is 19.5 Å². The van der Waals surface area contributed by atoms with Crippen molar-refractivity contribution >= 4 is 11.9 Å². The van der Waals surface area contributed by atoms with E-state index in [0.717, 1.165) is 49.9 Å². The zero-order valence-electron chi connectivity index (χ0n) is 16.0. The predicted molar refractivity (Wildman–Crippen MR) is 96.5 cm³/mol. The summed E-state index contributed by atoms with van der Waals surface area (Å²) < 4.78 is 10.1. The van der Waals surface area contributed by atoms with Crippen LogP contribution in [0.4, 0.5) is 0 Å². The molecule has 7 nitrogen and oxygen atoms in total. The fourth-order valence-corrected chi connectivity index (χ4v) is 3.32. The molecule has 1 aliphatic heterocycles. The van der Waals surface area contributed by atoms with Crippen LogP contribution < -0.4 is 5.32 Å². The first kappa shape index (κ1) is 19.3. The zero-order chi connectivity index (χ0) is 18.4. The Labute approximate surface area is 149 Å². The van der Waals surface area contributed by atoms with Crippen LogP contribution in [-0.4, -0.2) is 55.3 Å². The molecule has 0 aliphatic carbocycles. The molecule has 0 radical (unpaired) electrons. The predicted octanol–water partition coefficient (Wildman–Crippen LogP) is 1.93. The zero-order valence-corrected chi connectivity index (χ0v) is 16.0. The highest BCUT2D eigenvalue weighted by atomic mass is 16.5. The lowest BCUT2D eigenvalue weighted by molar-refractivity contribution is -0.145. The lowest BCUT2D eigenvalue weighted by Crippen LogP contribution is -2.40. The Morgan fingerprint density at radius 2 is 2.20 bits per heavy atom. The number of aromatic nitrogens is 1. The molecule has 0 bridgehead atoms. The van der Waals surface area contributed by atoms with Crippen molar-refractivity contribution in [3.63, 3.8) is 0 Å². The minimum atomic E-state index is -0.135. The third-order valence-corrected chi connectivity index (χ3v) is 4.78. The minimum absolute atomic E-state index is 0.0869. The van der Waals surface area contributed by atoms with E-state index < -0.39 is 0 Å². The lowest BCUT2D eigenvalue weighted by atomic mass is 9.99. The van der Waals surface area contributed by atoms with Gasteiger partial charge in [-0.15, -0.1) is 0 Å². The molecule has 0 saturated carbocycles. The molecule has 1 aromatic rings.